The number of fused-ring (bicyclic) bond motifs is 1. The molecular weight excluding hydrogens is 154 g/mol. The van der Waals surface area contributed by atoms with Crippen LogP contribution >= 0.6 is 0 Å². The highest BCUT2D eigenvalue weighted by Gasteiger charge is 2.19. The first-order chi connectivity index (χ1) is 5.79. The van der Waals surface area contributed by atoms with Crippen molar-refractivity contribution in [3.8, 4) is 5.75 Å². The van der Waals surface area contributed by atoms with Gasteiger partial charge in [-0.1, -0.05) is 6.07 Å². The molecule has 0 bridgehead atoms. The quantitative estimate of drug-likeness (QED) is 0.574. The molecule has 2 rings (SSSR count). The summed E-state index contributed by atoms with van der Waals surface area (Å²) in [5.74, 6) is 0.264. The van der Waals surface area contributed by atoms with E-state index in [1.807, 2.05) is 6.07 Å². The molecule has 0 radical (unpaired) electrons. The van der Waals surface area contributed by atoms with E-state index < -0.39 is 0 Å². The Morgan fingerprint density at radius 2 is 2.33 bits per heavy atom. The number of rotatable bonds is 1. The molecule has 1 atom stereocenters. The number of hydrogen-bond acceptors (Lipinski definition) is 3. The van der Waals surface area contributed by atoms with Gasteiger partial charge in [0.25, 0.3) is 0 Å². The van der Waals surface area contributed by atoms with Crippen LogP contribution in [0.15, 0.2) is 18.2 Å². The minimum atomic E-state index is 0.113. The number of phenols is 1. The smallest absolute Gasteiger partial charge is 0.117 e. The van der Waals surface area contributed by atoms with Crippen LogP contribution in [0, 0.1) is 0 Å². The fourth-order valence-corrected chi connectivity index (χ4v) is 1.52. The van der Waals surface area contributed by atoms with Crippen molar-refractivity contribution in [1.29, 1.82) is 0 Å². The SMILES string of the molecule is OCC1Cc2ccc(O)cc2N1. The van der Waals surface area contributed by atoms with Gasteiger partial charge in [0.15, 0.2) is 0 Å². The highest BCUT2D eigenvalue weighted by atomic mass is 16.3. The van der Waals surface area contributed by atoms with Crippen LogP contribution in [0.25, 0.3) is 0 Å². The normalized spacial score (nSPS) is 20.2. The average Bonchev–Trinajstić information content (AvgIpc) is 2.46. The standard InChI is InChI=1S/C9H11NO2/c11-5-7-3-6-1-2-8(12)4-9(6)10-7/h1-2,4,7,10-12H,3,5H2. The summed E-state index contributed by atoms with van der Waals surface area (Å²) in [4.78, 5) is 0. The Kier molecular flexibility index (Phi) is 1.66. The molecule has 64 valence electrons. The summed E-state index contributed by atoms with van der Waals surface area (Å²) in [5.41, 5.74) is 2.10. The Labute approximate surface area is 70.7 Å². The third-order valence-corrected chi connectivity index (χ3v) is 2.14. The van der Waals surface area contributed by atoms with E-state index in [4.69, 9.17) is 10.2 Å². The van der Waals surface area contributed by atoms with Gasteiger partial charge in [0.2, 0.25) is 0 Å². The van der Waals surface area contributed by atoms with Gasteiger partial charge in [-0.15, -0.1) is 0 Å². The highest BCUT2D eigenvalue weighted by molar-refractivity contribution is 5.59. The van der Waals surface area contributed by atoms with Crippen molar-refractivity contribution < 1.29 is 10.2 Å². The topological polar surface area (TPSA) is 52.5 Å². The first-order valence-electron chi connectivity index (χ1n) is 3.99. The van der Waals surface area contributed by atoms with Crippen LogP contribution in [0.4, 0.5) is 5.69 Å². The summed E-state index contributed by atoms with van der Waals surface area (Å²) in [5, 5.41) is 21.2. The molecule has 0 spiro atoms. The van der Waals surface area contributed by atoms with Crippen LogP contribution < -0.4 is 5.32 Å². The number of nitrogens with one attached hydrogen (secondary N) is 1. The van der Waals surface area contributed by atoms with Crippen LogP contribution in [-0.4, -0.2) is 22.9 Å². The number of phenolic OH excluding ortho intramolecular Hbond substituents is 1. The number of aromatic hydroxyl groups is 1. The molecule has 0 aromatic heterocycles. The number of hydrogen-bond donors (Lipinski definition) is 3. The van der Waals surface area contributed by atoms with E-state index in [9.17, 15) is 0 Å². The van der Waals surface area contributed by atoms with Gasteiger partial charge in [0.05, 0.1) is 12.6 Å². The molecule has 3 heteroatoms. The Morgan fingerprint density at radius 3 is 3.08 bits per heavy atom. The van der Waals surface area contributed by atoms with Crippen LogP contribution in [0.3, 0.4) is 0 Å². The maximum atomic E-state index is 9.15. The highest BCUT2D eigenvalue weighted by Crippen LogP contribution is 2.28. The zero-order valence-electron chi connectivity index (χ0n) is 6.62. The van der Waals surface area contributed by atoms with Gasteiger partial charge >= 0.3 is 0 Å². The Morgan fingerprint density at radius 1 is 1.50 bits per heavy atom. The fraction of sp³-hybridized carbons (Fsp3) is 0.333. The van der Waals surface area contributed by atoms with Crippen molar-refractivity contribution in [1.82, 2.24) is 0 Å². The van der Waals surface area contributed by atoms with Gasteiger partial charge in [-0.2, -0.15) is 0 Å². The van der Waals surface area contributed by atoms with Gasteiger partial charge in [-0.3, -0.25) is 0 Å². The predicted octanol–water partition coefficient (Wildman–Crippen LogP) is 0.721. The minimum Gasteiger partial charge on any atom is -0.508 e. The number of anilines is 1. The summed E-state index contributed by atoms with van der Waals surface area (Å²) in [6, 6.07) is 5.35. The third kappa shape index (κ3) is 1.12. The molecule has 3 N–H and O–H groups in total. The van der Waals surface area contributed by atoms with E-state index in [-0.39, 0.29) is 18.4 Å². The lowest BCUT2D eigenvalue weighted by Crippen LogP contribution is -2.19. The maximum absolute atomic E-state index is 9.15. The summed E-state index contributed by atoms with van der Waals surface area (Å²) >= 11 is 0. The molecule has 3 nitrogen and oxygen atoms in total. The average molecular weight is 165 g/mol. The number of benzene rings is 1. The largest absolute Gasteiger partial charge is 0.508 e. The van der Waals surface area contributed by atoms with Gasteiger partial charge in [-0.05, 0) is 18.1 Å². The monoisotopic (exact) mass is 165 g/mol. The van der Waals surface area contributed by atoms with Crippen LogP contribution in [0.1, 0.15) is 5.56 Å². The summed E-state index contributed by atoms with van der Waals surface area (Å²) in [6.07, 6.45) is 0.839. The number of aliphatic hydroxyl groups is 1. The molecule has 0 aliphatic carbocycles. The lowest BCUT2D eigenvalue weighted by molar-refractivity contribution is 0.277. The first kappa shape index (κ1) is 7.43. The predicted molar refractivity (Wildman–Crippen MR) is 46.3 cm³/mol. The zero-order chi connectivity index (χ0) is 8.55. The molecular formula is C9H11NO2. The zero-order valence-corrected chi connectivity index (χ0v) is 6.62. The van der Waals surface area contributed by atoms with Crippen molar-refractivity contribution >= 4 is 5.69 Å². The minimum absolute atomic E-state index is 0.113. The molecule has 1 heterocycles. The fourth-order valence-electron chi connectivity index (χ4n) is 1.52. The first-order valence-corrected chi connectivity index (χ1v) is 3.99. The summed E-state index contributed by atoms with van der Waals surface area (Å²) < 4.78 is 0. The van der Waals surface area contributed by atoms with E-state index >= 15 is 0 Å². The van der Waals surface area contributed by atoms with Gasteiger partial charge in [0.1, 0.15) is 5.75 Å². The molecule has 1 aliphatic heterocycles. The van der Waals surface area contributed by atoms with Crippen LogP contribution in [0.5, 0.6) is 5.75 Å². The Bertz CT molecular complexity index is 299. The molecule has 0 saturated carbocycles. The molecule has 0 amide bonds. The molecule has 1 unspecified atom stereocenters. The van der Waals surface area contributed by atoms with Crippen LogP contribution in [0.2, 0.25) is 0 Å². The molecule has 12 heavy (non-hydrogen) atoms. The number of aliphatic hydroxyl groups excluding tert-OH is 1. The van der Waals surface area contributed by atoms with Gasteiger partial charge in [-0.25, -0.2) is 0 Å². The Hall–Kier alpha value is -1.22. The van der Waals surface area contributed by atoms with E-state index in [1.165, 1.54) is 0 Å². The van der Waals surface area contributed by atoms with Crippen LogP contribution in [-0.2, 0) is 6.42 Å². The lowest BCUT2D eigenvalue weighted by atomic mass is 10.1. The van der Waals surface area contributed by atoms with Gasteiger partial charge in [0, 0.05) is 11.8 Å². The second-order valence-corrected chi connectivity index (χ2v) is 3.07. The molecule has 1 aliphatic rings. The molecule has 1 aromatic carbocycles. The van der Waals surface area contributed by atoms with Crippen molar-refractivity contribution in [2.75, 3.05) is 11.9 Å². The van der Waals surface area contributed by atoms with E-state index in [0.29, 0.717) is 0 Å². The van der Waals surface area contributed by atoms with Gasteiger partial charge < -0.3 is 15.5 Å². The van der Waals surface area contributed by atoms with Crippen molar-refractivity contribution in [2.24, 2.45) is 0 Å². The third-order valence-electron chi connectivity index (χ3n) is 2.14. The van der Waals surface area contributed by atoms with Crippen molar-refractivity contribution in [3.63, 3.8) is 0 Å². The second-order valence-electron chi connectivity index (χ2n) is 3.07. The van der Waals surface area contributed by atoms with Crippen molar-refractivity contribution in [2.45, 2.75) is 12.5 Å². The lowest BCUT2D eigenvalue weighted by Gasteiger charge is -2.05. The van der Waals surface area contributed by atoms with E-state index in [1.54, 1.807) is 12.1 Å². The van der Waals surface area contributed by atoms with E-state index in [0.717, 1.165) is 17.7 Å². The summed E-state index contributed by atoms with van der Waals surface area (Å²) in [7, 11) is 0. The Balaban J connectivity index is 2.30. The van der Waals surface area contributed by atoms with Crippen molar-refractivity contribution in [3.05, 3.63) is 23.8 Å². The molecule has 1 aromatic rings. The maximum Gasteiger partial charge on any atom is 0.117 e. The second kappa shape index (κ2) is 2.68. The summed E-state index contributed by atoms with van der Waals surface area (Å²) in [6.45, 7) is 0.134. The molecule has 0 saturated heterocycles. The molecule has 0 fully saturated rings. The van der Waals surface area contributed by atoms with E-state index in [2.05, 4.69) is 5.32 Å².